The lowest BCUT2D eigenvalue weighted by molar-refractivity contribution is 0.188. The Morgan fingerprint density at radius 2 is 2.50 bits per heavy atom. The van der Waals surface area contributed by atoms with Crippen LogP contribution in [0.5, 0.6) is 0 Å². The zero-order chi connectivity index (χ0) is 9.97. The van der Waals surface area contributed by atoms with Gasteiger partial charge in [0.25, 0.3) is 0 Å². The summed E-state index contributed by atoms with van der Waals surface area (Å²) in [5.41, 5.74) is 1.27. The molecule has 2 atom stereocenters. The minimum Gasteiger partial charge on any atom is -0.379 e. The summed E-state index contributed by atoms with van der Waals surface area (Å²) in [7, 11) is 1.95. The summed E-state index contributed by atoms with van der Waals surface area (Å²) in [5.74, 6) is 0.462. The van der Waals surface area contributed by atoms with Crippen molar-refractivity contribution in [3.8, 4) is 0 Å². The first-order valence-electron chi connectivity index (χ1n) is 5.11. The van der Waals surface area contributed by atoms with Crippen LogP contribution in [0.4, 0.5) is 0 Å². The number of aromatic nitrogens is 2. The summed E-state index contributed by atoms with van der Waals surface area (Å²) >= 11 is 0. The third-order valence-electron chi connectivity index (χ3n) is 2.70. The van der Waals surface area contributed by atoms with Crippen LogP contribution in [-0.2, 0) is 11.8 Å². The Kier molecular flexibility index (Phi) is 2.84. The third kappa shape index (κ3) is 1.81. The van der Waals surface area contributed by atoms with Gasteiger partial charge in [-0.05, 0) is 12.1 Å². The highest BCUT2D eigenvalue weighted by Gasteiger charge is 2.29. The van der Waals surface area contributed by atoms with Crippen LogP contribution in [0.2, 0.25) is 0 Å². The molecule has 0 aromatic carbocycles. The molecule has 4 nitrogen and oxygen atoms in total. The molecule has 2 heterocycles. The second-order valence-corrected chi connectivity index (χ2v) is 3.76. The van der Waals surface area contributed by atoms with Crippen LogP contribution in [0.3, 0.4) is 0 Å². The van der Waals surface area contributed by atoms with Gasteiger partial charge in [0.05, 0.1) is 19.4 Å². The molecule has 1 aliphatic rings. The third-order valence-corrected chi connectivity index (χ3v) is 2.70. The molecular formula is C10H17N3O. The van der Waals surface area contributed by atoms with Crippen molar-refractivity contribution in [2.24, 2.45) is 7.05 Å². The summed E-state index contributed by atoms with van der Waals surface area (Å²) in [6.45, 7) is 4.74. The Bertz CT molecular complexity index is 297. The quantitative estimate of drug-likeness (QED) is 0.764. The first-order chi connectivity index (χ1) is 6.81. The van der Waals surface area contributed by atoms with E-state index < -0.39 is 0 Å². The zero-order valence-electron chi connectivity index (χ0n) is 8.73. The summed E-state index contributed by atoms with van der Waals surface area (Å²) in [6.07, 6.45) is 4.01. The molecule has 1 aromatic rings. The Balaban J connectivity index is 2.09. The smallest absolute Gasteiger partial charge is 0.0626 e. The van der Waals surface area contributed by atoms with Gasteiger partial charge in [-0.3, -0.25) is 4.68 Å². The van der Waals surface area contributed by atoms with Crippen LogP contribution in [0, 0.1) is 0 Å². The molecule has 0 amide bonds. The van der Waals surface area contributed by atoms with Gasteiger partial charge in [-0.15, -0.1) is 0 Å². The molecule has 78 valence electrons. The van der Waals surface area contributed by atoms with E-state index in [1.165, 1.54) is 5.56 Å². The van der Waals surface area contributed by atoms with Crippen molar-refractivity contribution < 1.29 is 4.74 Å². The van der Waals surface area contributed by atoms with E-state index >= 15 is 0 Å². The Morgan fingerprint density at radius 1 is 1.64 bits per heavy atom. The molecular weight excluding hydrogens is 178 g/mol. The molecule has 1 aromatic heterocycles. The number of nitrogens with zero attached hydrogens (tertiary/aromatic N) is 2. The highest BCUT2D eigenvalue weighted by molar-refractivity contribution is 5.16. The predicted molar refractivity (Wildman–Crippen MR) is 54.2 cm³/mol. The second kappa shape index (κ2) is 4.11. The fraction of sp³-hybridized carbons (Fsp3) is 0.700. The lowest BCUT2D eigenvalue weighted by Gasteiger charge is -2.16. The lowest BCUT2D eigenvalue weighted by Crippen LogP contribution is -2.33. The molecule has 1 aliphatic heterocycles. The average Bonchev–Trinajstić information content (AvgIpc) is 2.74. The molecule has 0 spiro atoms. The molecule has 1 saturated heterocycles. The fourth-order valence-corrected chi connectivity index (χ4v) is 1.98. The number of likely N-dealkylation sites (N-methyl/N-ethyl adjacent to an activating group) is 1. The van der Waals surface area contributed by atoms with Crippen molar-refractivity contribution in [2.45, 2.75) is 18.9 Å². The maximum Gasteiger partial charge on any atom is 0.0626 e. The molecule has 4 heteroatoms. The standard InChI is InChI=1S/C10H17N3O/c1-3-11-10-7-14-6-9(10)8-4-12-13(2)5-8/h4-5,9-11H,3,6-7H2,1-2H3. The van der Waals surface area contributed by atoms with Crippen molar-refractivity contribution in [1.82, 2.24) is 15.1 Å². The van der Waals surface area contributed by atoms with E-state index in [9.17, 15) is 0 Å². The van der Waals surface area contributed by atoms with Gasteiger partial charge in [0.1, 0.15) is 0 Å². The molecule has 0 bridgehead atoms. The molecule has 1 fully saturated rings. The number of rotatable bonds is 3. The molecule has 2 rings (SSSR count). The first-order valence-corrected chi connectivity index (χ1v) is 5.11. The largest absolute Gasteiger partial charge is 0.379 e. The van der Waals surface area contributed by atoms with Crippen molar-refractivity contribution >= 4 is 0 Å². The minimum atomic E-state index is 0.448. The van der Waals surface area contributed by atoms with E-state index in [2.05, 4.69) is 23.5 Å². The highest BCUT2D eigenvalue weighted by Crippen LogP contribution is 2.24. The van der Waals surface area contributed by atoms with E-state index in [0.29, 0.717) is 12.0 Å². The monoisotopic (exact) mass is 195 g/mol. The minimum absolute atomic E-state index is 0.448. The summed E-state index contributed by atoms with van der Waals surface area (Å²) in [4.78, 5) is 0. The highest BCUT2D eigenvalue weighted by atomic mass is 16.5. The van der Waals surface area contributed by atoms with Gasteiger partial charge in [-0.25, -0.2) is 0 Å². The van der Waals surface area contributed by atoms with E-state index in [1.807, 2.05) is 17.9 Å². The number of hydrogen-bond donors (Lipinski definition) is 1. The molecule has 14 heavy (non-hydrogen) atoms. The lowest BCUT2D eigenvalue weighted by atomic mass is 9.97. The summed E-state index contributed by atoms with van der Waals surface area (Å²) in [6, 6.07) is 0.448. The van der Waals surface area contributed by atoms with Gasteiger partial charge in [0, 0.05) is 25.2 Å². The van der Waals surface area contributed by atoms with E-state index in [0.717, 1.165) is 19.8 Å². The Morgan fingerprint density at radius 3 is 3.14 bits per heavy atom. The van der Waals surface area contributed by atoms with Gasteiger partial charge >= 0.3 is 0 Å². The molecule has 0 aliphatic carbocycles. The molecule has 0 saturated carbocycles. The van der Waals surface area contributed by atoms with Crippen molar-refractivity contribution in [1.29, 1.82) is 0 Å². The molecule has 2 unspecified atom stereocenters. The van der Waals surface area contributed by atoms with Gasteiger partial charge in [-0.2, -0.15) is 5.10 Å². The van der Waals surface area contributed by atoms with Crippen LogP contribution in [0.1, 0.15) is 18.4 Å². The second-order valence-electron chi connectivity index (χ2n) is 3.76. The van der Waals surface area contributed by atoms with Crippen LogP contribution in [-0.4, -0.2) is 35.6 Å². The zero-order valence-corrected chi connectivity index (χ0v) is 8.73. The Labute approximate surface area is 84.3 Å². The molecule has 0 radical (unpaired) electrons. The van der Waals surface area contributed by atoms with E-state index in [4.69, 9.17) is 4.74 Å². The molecule has 1 N–H and O–H groups in total. The van der Waals surface area contributed by atoms with Crippen LogP contribution in [0.25, 0.3) is 0 Å². The topological polar surface area (TPSA) is 39.1 Å². The maximum atomic E-state index is 5.49. The number of hydrogen-bond acceptors (Lipinski definition) is 3. The van der Waals surface area contributed by atoms with Crippen LogP contribution >= 0.6 is 0 Å². The number of ether oxygens (including phenoxy) is 1. The van der Waals surface area contributed by atoms with E-state index in [-0.39, 0.29) is 0 Å². The Hall–Kier alpha value is -0.870. The normalized spacial score (nSPS) is 27.0. The van der Waals surface area contributed by atoms with Gasteiger partial charge < -0.3 is 10.1 Å². The van der Waals surface area contributed by atoms with Gasteiger partial charge in [0.2, 0.25) is 0 Å². The summed E-state index contributed by atoms with van der Waals surface area (Å²) < 4.78 is 7.33. The average molecular weight is 195 g/mol. The van der Waals surface area contributed by atoms with Gasteiger partial charge in [0.15, 0.2) is 0 Å². The van der Waals surface area contributed by atoms with Crippen molar-refractivity contribution in [3.05, 3.63) is 18.0 Å². The number of nitrogens with one attached hydrogen (secondary N) is 1. The van der Waals surface area contributed by atoms with E-state index in [1.54, 1.807) is 0 Å². The first kappa shape index (κ1) is 9.68. The fourth-order valence-electron chi connectivity index (χ4n) is 1.98. The SMILES string of the molecule is CCNC1COCC1c1cnn(C)c1. The van der Waals surface area contributed by atoms with Crippen LogP contribution in [0.15, 0.2) is 12.4 Å². The summed E-state index contributed by atoms with van der Waals surface area (Å²) in [5, 5.41) is 7.63. The van der Waals surface area contributed by atoms with Crippen molar-refractivity contribution in [3.63, 3.8) is 0 Å². The maximum absolute atomic E-state index is 5.49. The van der Waals surface area contributed by atoms with Crippen molar-refractivity contribution in [2.75, 3.05) is 19.8 Å². The van der Waals surface area contributed by atoms with Gasteiger partial charge in [-0.1, -0.05) is 6.92 Å². The number of aryl methyl sites for hydroxylation is 1. The van der Waals surface area contributed by atoms with Crippen LogP contribution < -0.4 is 5.32 Å². The predicted octanol–water partition coefficient (Wildman–Crippen LogP) is 0.512.